The van der Waals surface area contributed by atoms with Gasteiger partial charge in [0, 0.05) is 18.7 Å². The first-order valence-corrected chi connectivity index (χ1v) is 12.9. The van der Waals surface area contributed by atoms with Gasteiger partial charge in [0.05, 0.1) is 11.0 Å². The molecule has 1 aliphatic rings. The minimum absolute atomic E-state index is 0.0449. The van der Waals surface area contributed by atoms with Gasteiger partial charge in [0.15, 0.2) is 6.61 Å². The number of aryl methyl sites for hydroxylation is 4. The highest BCUT2D eigenvalue weighted by atomic mass is 32.2. The van der Waals surface area contributed by atoms with Gasteiger partial charge in [-0.25, -0.2) is 8.42 Å². The van der Waals surface area contributed by atoms with Gasteiger partial charge in [0.25, 0.3) is 5.91 Å². The number of β-amino-alcohol motifs (C(OH)–C–C–N with tert-alkyl or cyclic N) is 1. The van der Waals surface area contributed by atoms with E-state index in [2.05, 4.69) is 5.32 Å². The van der Waals surface area contributed by atoms with Gasteiger partial charge in [0.1, 0.15) is 6.04 Å². The van der Waals surface area contributed by atoms with E-state index in [1.165, 1.54) is 6.07 Å². The second-order valence-electron chi connectivity index (χ2n) is 8.54. The zero-order chi connectivity index (χ0) is 25.0. The molecule has 1 aliphatic heterocycles. The summed E-state index contributed by atoms with van der Waals surface area (Å²) in [4.78, 5) is 25.4. The van der Waals surface area contributed by atoms with E-state index in [9.17, 15) is 23.1 Å². The van der Waals surface area contributed by atoms with Gasteiger partial charge < -0.3 is 15.2 Å². The molecule has 2 aromatic carbocycles. The number of rotatable bonds is 8. The third-order valence-electron chi connectivity index (χ3n) is 6.20. The third-order valence-corrected chi connectivity index (χ3v) is 8.07. The summed E-state index contributed by atoms with van der Waals surface area (Å²) in [6, 6.07) is 9.31. The van der Waals surface area contributed by atoms with Crippen LogP contribution in [0.15, 0.2) is 41.3 Å². The fourth-order valence-electron chi connectivity index (χ4n) is 4.09. The van der Waals surface area contributed by atoms with Gasteiger partial charge in [-0.3, -0.25) is 9.59 Å². The van der Waals surface area contributed by atoms with Crippen LogP contribution in [0, 0.1) is 13.8 Å². The van der Waals surface area contributed by atoms with Crippen LogP contribution in [-0.2, 0) is 37.2 Å². The van der Waals surface area contributed by atoms with Crippen molar-refractivity contribution in [2.75, 3.05) is 18.5 Å². The van der Waals surface area contributed by atoms with Crippen molar-refractivity contribution >= 4 is 27.6 Å². The van der Waals surface area contributed by atoms with Gasteiger partial charge in [0.2, 0.25) is 10.0 Å². The van der Waals surface area contributed by atoms with Crippen molar-refractivity contribution in [3.8, 4) is 0 Å². The summed E-state index contributed by atoms with van der Waals surface area (Å²) in [7, 11) is -4.04. The predicted octanol–water partition coefficient (Wildman–Crippen LogP) is 2.73. The Morgan fingerprint density at radius 3 is 2.32 bits per heavy atom. The number of aliphatic hydroxyl groups excluding tert-OH is 1. The van der Waals surface area contributed by atoms with E-state index < -0.39 is 40.7 Å². The van der Waals surface area contributed by atoms with Crippen LogP contribution in [0.5, 0.6) is 0 Å². The number of esters is 1. The maximum Gasteiger partial charge on any atom is 0.325 e. The molecule has 1 amide bonds. The molecule has 2 atom stereocenters. The second-order valence-corrected chi connectivity index (χ2v) is 10.4. The smallest absolute Gasteiger partial charge is 0.325 e. The van der Waals surface area contributed by atoms with Crippen LogP contribution in [0.1, 0.15) is 42.5 Å². The molecule has 0 aliphatic carbocycles. The predicted molar refractivity (Wildman–Crippen MR) is 129 cm³/mol. The van der Waals surface area contributed by atoms with Crippen LogP contribution < -0.4 is 5.32 Å². The summed E-state index contributed by atoms with van der Waals surface area (Å²) >= 11 is 0. The van der Waals surface area contributed by atoms with Crippen molar-refractivity contribution in [3.05, 3.63) is 58.7 Å². The number of nitrogens with one attached hydrogen (secondary N) is 1. The van der Waals surface area contributed by atoms with E-state index in [1.54, 1.807) is 19.1 Å². The lowest BCUT2D eigenvalue weighted by Crippen LogP contribution is -2.42. The van der Waals surface area contributed by atoms with Crippen LogP contribution in [0.2, 0.25) is 0 Å². The Labute approximate surface area is 201 Å². The Hall–Kier alpha value is -2.75. The van der Waals surface area contributed by atoms with Gasteiger partial charge in [-0.1, -0.05) is 38.1 Å². The third kappa shape index (κ3) is 5.48. The minimum Gasteiger partial charge on any atom is -0.454 e. The number of ether oxygens (including phenoxy) is 1. The van der Waals surface area contributed by atoms with Gasteiger partial charge in [-0.2, -0.15) is 4.31 Å². The molecule has 3 rings (SSSR count). The monoisotopic (exact) mass is 488 g/mol. The summed E-state index contributed by atoms with van der Waals surface area (Å²) in [5.74, 6) is -1.37. The van der Waals surface area contributed by atoms with Gasteiger partial charge >= 0.3 is 5.97 Å². The molecular formula is C25H32N2O6S. The highest BCUT2D eigenvalue weighted by Crippen LogP contribution is 2.28. The van der Waals surface area contributed by atoms with E-state index in [1.807, 2.05) is 39.0 Å². The molecular weight excluding hydrogens is 456 g/mol. The lowest BCUT2D eigenvalue weighted by molar-refractivity contribution is -0.150. The number of nitrogens with zero attached hydrogens (tertiary/aromatic N) is 1. The SMILES string of the molecule is CCc1cccc(CC)c1NC(=O)COC(=O)[C@@H]1CC(O)CN1S(=O)(=O)c1ccc(C)c(C)c1. The zero-order valence-corrected chi connectivity index (χ0v) is 20.8. The number of carbonyl (C=O) groups excluding carboxylic acids is 2. The van der Waals surface area contributed by atoms with E-state index >= 15 is 0 Å². The molecule has 2 aromatic rings. The molecule has 9 heteroatoms. The summed E-state index contributed by atoms with van der Waals surface area (Å²) < 4.78 is 32.6. The molecule has 8 nitrogen and oxygen atoms in total. The fraction of sp³-hybridized carbons (Fsp3) is 0.440. The summed E-state index contributed by atoms with van der Waals surface area (Å²) in [6.45, 7) is 6.88. The van der Waals surface area contributed by atoms with E-state index in [0.29, 0.717) is 5.69 Å². The largest absolute Gasteiger partial charge is 0.454 e. The highest BCUT2D eigenvalue weighted by Gasteiger charge is 2.44. The molecule has 1 fully saturated rings. The summed E-state index contributed by atoms with van der Waals surface area (Å²) in [5.41, 5.74) is 4.41. The maximum atomic E-state index is 13.2. The number of hydrogen-bond donors (Lipinski definition) is 2. The topological polar surface area (TPSA) is 113 Å². The van der Waals surface area contributed by atoms with E-state index in [0.717, 1.165) is 39.4 Å². The number of benzene rings is 2. The molecule has 34 heavy (non-hydrogen) atoms. The van der Waals surface area contributed by atoms with Crippen LogP contribution in [0.25, 0.3) is 0 Å². The fourth-order valence-corrected chi connectivity index (χ4v) is 5.80. The van der Waals surface area contributed by atoms with Crippen molar-refractivity contribution in [2.24, 2.45) is 0 Å². The summed E-state index contributed by atoms with van der Waals surface area (Å²) in [5, 5.41) is 12.9. The Bertz CT molecular complexity index is 1160. The van der Waals surface area contributed by atoms with Crippen molar-refractivity contribution in [3.63, 3.8) is 0 Å². The number of hydrogen-bond acceptors (Lipinski definition) is 6. The molecule has 0 aromatic heterocycles. The molecule has 0 bridgehead atoms. The molecule has 0 saturated carbocycles. The van der Waals surface area contributed by atoms with Crippen molar-refractivity contribution in [1.29, 1.82) is 0 Å². The molecule has 1 saturated heterocycles. The normalized spacial score (nSPS) is 18.6. The number of aliphatic hydroxyl groups is 1. The van der Waals surface area contributed by atoms with Crippen molar-refractivity contribution in [2.45, 2.75) is 64.0 Å². The van der Waals surface area contributed by atoms with Crippen molar-refractivity contribution in [1.82, 2.24) is 4.31 Å². The molecule has 2 N–H and O–H groups in total. The number of para-hydroxylation sites is 1. The van der Waals surface area contributed by atoms with Crippen LogP contribution >= 0.6 is 0 Å². The minimum atomic E-state index is -4.04. The molecule has 0 radical (unpaired) electrons. The Morgan fingerprint density at radius 2 is 1.74 bits per heavy atom. The van der Waals surface area contributed by atoms with Crippen LogP contribution in [0.4, 0.5) is 5.69 Å². The Morgan fingerprint density at radius 1 is 1.09 bits per heavy atom. The molecule has 0 spiro atoms. The first kappa shape index (κ1) is 25.9. The first-order chi connectivity index (χ1) is 16.1. The van der Waals surface area contributed by atoms with Gasteiger partial charge in [-0.15, -0.1) is 0 Å². The van der Waals surface area contributed by atoms with Crippen molar-refractivity contribution < 1.29 is 27.9 Å². The molecule has 1 unspecified atom stereocenters. The number of sulfonamides is 1. The molecule has 184 valence electrons. The Kier molecular flexibility index (Phi) is 8.12. The first-order valence-electron chi connectivity index (χ1n) is 11.4. The lowest BCUT2D eigenvalue weighted by Gasteiger charge is -2.23. The quantitative estimate of drug-likeness (QED) is 0.553. The number of anilines is 1. The maximum absolute atomic E-state index is 13.2. The number of carbonyl (C=O) groups is 2. The Balaban J connectivity index is 1.71. The van der Waals surface area contributed by atoms with Crippen LogP contribution in [-0.4, -0.2) is 55.0 Å². The molecule has 1 heterocycles. The zero-order valence-electron chi connectivity index (χ0n) is 20.0. The van der Waals surface area contributed by atoms with Gasteiger partial charge in [-0.05, 0) is 61.1 Å². The lowest BCUT2D eigenvalue weighted by atomic mass is 10.0. The van der Waals surface area contributed by atoms with E-state index in [4.69, 9.17) is 4.74 Å². The highest BCUT2D eigenvalue weighted by molar-refractivity contribution is 7.89. The second kappa shape index (κ2) is 10.7. The number of amides is 1. The average Bonchev–Trinajstić information content (AvgIpc) is 3.22. The van der Waals surface area contributed by atoms with E-state index in [-0.39, 0.29) is 17.9 Å². The standard InChI is InChI=1S/C25H32N2O6S/c1-5-18-8-7-9-19(6-2)24(18)26-23(29)15-33-25(30)22-13-20(28)14-27(22)34(31,32)21-11-10-16(3)17(4)12-21/h7-12,20,22,28H,5-6,13-15H2,1-4H3,(H,26,29)/t20?,22-/m0/s1. The summed E-state index contributed by atoms with van der Waals surface area (Å²) in [6.07, 6.45) is 0.364. The van der Waals surface area contributed by atoms with Crippen LogP contribution in [0.3, 0.4) is 0 Å². The average molecular weight is 489 g/mol.